The van der Waals surface area contributed by atoms with Gasteiger partial charge >= 0.3 is 0 Å². The van der Waals surface area contributed by atoms with Gasteiger partial charge in [-0.1, -0.05) is 43.1 Å². The topological polar surface area (TPSA) is 59.4 Å². The van der Waals surface area contributed by atoms with E-state index in [-0.39, 0.29) is 5.91 Å². The summed E-state index contributed by atoms with van der Waals surface area (Å²) in [4.78, 5) is 18.6. The van der Waals surface area contributed by atoms with Crippen LogP contribution in [0.2, 0.25) is 5.02 Å². The van der Waals surface area contributed by atoms with Crippen LogP contribution in [0.25, 0.3) is 0 Å². The number of anilines is 1. The minimum Gasteiger partial charge on any atom is -0.315 e. The molecule has 1 unspecified atom stereocenters. The van der Waals surface area contributed by atoms with E-state index in [0.29, 0.717) is 18.0 Å². The maximum atomic E-state index is 12.7. The molecule has 4 rings (SSSR count). The average Bonchev–Trinajstić information content (AvgIpc) is 3.12. The highest BCUT2D eigenvalue weighted by molar-refractivity contribution is 7.16. The molecule has 0 saturated carbocycles. The van der Waals surface area contributed by atoms with Crippen LogP contribution in [0.15, 0.2) is 24.3 Å². The van der Waals surface area contributed by atoms with Gasteiger partial charge in [-0.25, -0.2) is 0 Å². The number of thiophene rings is 1. The second kappa shape index (κ2) is 10.1. The fourth-order valence-corrected chi connectivity index (χ4v) is 6.08. The maximum Gasteiger partial charge on any atom is 0.239 e. The van der Waals surface area contributed by atoms with Crippen molar-refractivity contribution in [2.45, 2.75) is 39.2 Å². The minimum atomic E-state index is -0.0262. The number of nitriles is 1. The van der Waals surface area contributed by atoms with Gasteiger partial charge < -0.3 is 5.32 Å². The first kappa shape index (κ1) is 22.3. The molecule has 164 valence electrons. The second-order valence-corrected chi connectivity index (χ2v) is 10.0. The van der Waals surface area contributed by atoms with E-state index in [4.69, 9.17) is 11.6 Å². The van der Waals surface area contributed by atoms with Gasteiger partial charge in [0.2, 0.25) is 5.91 Å². The van der Waals surface area contributed by atoms with Gasteiger partial charge in [0.05, 0.1) is 12.1 Å². The molecule has 1 N–H and O–H groups in total. The van der Waals surface area contributed by atoms with E-state index >= 15 is 0 Å². The van der Waals surface area contributed by atoms with E-state index in [2.05, 4.69) is 34.2 Å². The third-order valence-electron chi connectivity index (χ3n) is 6.49. The number of rotatable bonds is 6. The van der Waals surface area contributed by atoms with Gasteiger partial charge in [-0.15, -0.1) is 11.3 Å². The summed E-state index contributed by atoms with van der Waals surface area (Å²) in [5.41, 5.74) is 3.00. The number of piperazine rings is 1. The van der Waals surface area contributed by atoms with E-state index in [0.717, 1.165) is 67.6 Å². The van der Waals surface area contributed by atoms with Crippen LogP contribution in [-0.2, 0) is 24.2 Å². The number of halogens is 1. The van der Waals surface area contributed by atoms with Crippen molar-refractivity contribution in [2.75, 3.05) is 38.0 Å². The molecule has 1 amide bonds. The number of nitrogens with zero attached hydrogens (tertiary/aromatic N) is 3. The van der Waals surface area contributed by atoms with Gasteiger partial charge in [0, 0.05) is 42.6 Å². The predicted octanol–water partition coefficient (Wildman–Crippen LogP) is 4.54. The molecule has 0 spiro atoms. The second-order valence-electron chi connectivity index (χ2n) is 8.53. The smallest absolute Gasteiger partial charge is 0.239 e. The molecule has 2 aliphatic rings. The Morgan fingerprint density at radius 3 is 2.71 bits per heavy atom. The van der Waals surface area contributed by atoms with Crippen molar-refractivity contribution < 1.29 is 4.79 Å². The molecule has 0 bridgehead atoms. The summed E-state index contributed by atoms with van der Waals surface area (Å²) in [6.45, 7) is 6.95. The van der Waals surface area contributed by atoms with Crippen LogP contribution in [0.1, 0.15) is 41.3 Å². The summed E-state index contributed by atoms with van der Waals surface area (Å²) in [6.07, 6.45) is 4.30. The zero-order valence-corrected chi connectivity index (χ0v) is 19.6. The molecule has 1 aromatic carbocycles. The van der Waals surface area contributed by atoms with Crippen molar-refractivity contribution in [3.63, 3.8) is 0 Å². The van der Waals surface area contributed by atoms with Crippen molar-refractivity contribution in [3.05, 3.63) is 50.9 Å². The number of fused-ring (bicyclic) bond motifs is 1. The highest BCUT2D eigenvalue weighted by atomic mass is 35.5. The Balaban J connectivity index is 1.30. The van der Waals surface area contributed by atoms with Crippen molar-refractivity contribution in [2.24, 2.45) is 5.92 Å². The summed E-state index contributed by atoms with van der Waals surface area (Å²) < 4.78 is 0. The molecule has 1 aliphatic heterocycles. The number of carbonyl (C=O) groups excluding carboxylic acids is 1. The molecule has 7 heteroatoms. The Hall–Kier alpha value is -1.91. The van der Waals surface area contributed by atoms with Gasteiger partial charge in [0.1, 0.15) is 11.1 Å². The van der Waals surface area contributed by atoms with Crippen LogP contribution >= 0.6 is 22.9 Å². The lowest BCUT2D eigenvalue weighted by atomic mass is 9.86. The molecule has 1 saturated heterocycles. The minimum absolute atomic E-state index is 0.0262. The van der Waals surface area contributed by atoms with Crippen LogP contribution in [-0.4, -0.2) is 48.4 Å². The molecule has 0 radical (unpaired) electrons. The maximum absolute atomic E-state index is 12.7. The van der Waals surface area contributed by atoms with Gasteiger partial charge in [-0.05, 0) is 42.4 Å². The first-order valence-corrected chi connectivity index (χ1v) is 12.3. The molecular weight excluding hydrogens is 428 g/mol. The normalized spacial score (nSPS) is 19.6. The van der Waals surface area contributed by atoms with Crippen LogP contribution in [0, 0.1) is 17.2 Å². The fourth-order valence-electron chi connectivity index (χ4n) is 4.55. The lowest BCUT2D eigenvalue weighted by Gasteiger charge is -2.34. The zero-order chi connectivity index (χ0) is 21.8. The van der Waals surface area contributed by atoms with Crippen LogP contribution in [0.4, 0.5) is 5.00 Å². The number of hydrogen-bond donors (Lipinski definition) is 1. The standard InChI is InChI=1S/C24H29ClN4OS/c1-2-17-7-8-19-20(14-26)24(31-22(19)13-17)27-23(30)16-29-11-9-28(10-12-29)15-18-5-3-4-6-21(18)25/h3-6,17H,2,7-13,15-16H2,1H3,(H,27,30). The Labute approximate surface area is 193 Å². The lowest BCUT2D eigenvalue weighted by Crippen LogP contribution is -2.48. The number of nitrogens with one attached hydrogen (secondary N) is 1. The van der Waals surface area contributed by atoms with E-state index in [9.17, 15) is 10.1 Å². The first-order chi connectivity index (χ1) is 15.1. The Kier molecular flexibility index (Phi) is 7.29. The molecule has 31 heavy (non-hydrogen) atoms. The number of carbonyl (C=O) groups is 1. The van der Waals surface area contributed by atoms with Gasteiger partial charge in [-0.3, -0.25) is 14.6 Å². The monoisotopic (exact) mass is 456 g/mol. The molecule has 1 fully saturated rings. The van der Waals surface area contributed by atoms with Crippen LogP contribution in [0.3, 0.4) is 0 Å². The van der Waals surface area contributed by atoms with E-state index in [1.165, 1.54) is 16.9 Å². The van der Waals surface area contributed by atoms with Gasteiger partial charge in [0.15, 0.2) is 0 Å². The highest BCUT2D eigenvalue weighted by Crippen LogP contribution is 2.40. The molecular formula is C24H29ClN4OS. The van der Waals surface area contributed by atoms with Gasteiger partial charge in [-0.2, -0.15) is 5.26 Å². The van der Waals surface area contributed by atoms with Crippen molar-refractivity contribution in [1.29, 1.82) is 5.26 Å². The molecule has 2 aromatic rings. The molecule has 2 heterocycles. The number of benzene rings is 1. The summed E-state index contributed by atoms with van der Waals surface area (Å²) in [5, 5.41) is 14.3. The summed E-state index contributed by atoms with van der Waals surface area (Å²) in [7, 11) is 0. The largest absolute Gasteiger partial charge is 0.315 e. The average molecular weight is 457 g/mol. The Morgan fingerprint density at radius 2 is 2.00 bits per heavy atom. The molecule has 1 aromatic heterocycles. The lowest BCUT2D eigenvalue weighted by molar-refractivity contribution is -0.117. The Bertz CT molecular complexity index is 974. The third-order valence-corrected chi connectivity index (χ3v) is 8.03. The van der Waals surface area contributed by atoms with Crippen LogP contribution in [0.5, 0.6) is 0 Å². The SMILES string of the molecule is CCC1CCc2c(sc(NC(=O)CN3CCN(Cc4ccccc4Cl)CC3)c2C#N)C1. The van der Waals surface area contributed by atoms with Gasteiger partial charge in [0.25, 0.3) is 0 Å². The molecule has 1 aliphatic carbocycles. The van der Waals surface area contributed by atoms with Crippen molar-refractivity contribution in [1.82, 2.24) is 9.80 Å². The number of hydrogen-bond acceptors (Lipinski definition) is 5. The first-order valence-electron chi connectivity index (χ1n) is 11.1. The summed E-state index contributed by atoms with van der Waals surface area (Å²) in [6, 6.07) is 10.3. The number of amides is 1. The summed E-state index contributed by atoms with van der Waals surface area (Å²) in [5.74, 6) is 0.671. The fraction of sp³-hybridized carbons (Fsp3) is 0.500. The van der Waals surface area contributed by atoms with E-state index < -0.39 is 0 Å². The van der Waals surface area contributed by atoms with Crippen molar-refractivity contribution >= 4 is 33.8 Å². The Morgan fingerprint density at radius 1 is 1.26 bits per heavy atom. The van der Waals surface area contributed by atoms with Crippen molar-refractivity contribution in [3.8, 4) is 6.07 Å². The molecule has 5 nitrogen and oxygen atoms in total. The summed E-state index contributed by atoms with van der Waals surface area (Å²) >= 11 is 7.89. The highest BCUT2D eigenvalue weighted by Gasteiger charge is 2.26. The molecule has 1 atom stereocenters. The third kappa shape index (κ3) is 5.30. The van der Waals surface area contributed by atoms with Crippen LogP contribution < -0.4 is 5.32 Å². The predicted molar refractivity (Wildman–Crippen MR) is 127 cm³/mol. The van der Waals surface area contributed by atoms with E-state index in [1.54, 1.807) is 11.3 Å². The zero-order valence-electron chi connectivity index (χ0n) is 18.0. The quantitative estimate of drug-likeness (QED) is 0.693. The van der Waals surface area contributed by atoms with E-state index in [1.807, 2.05) is 18.2 Å².